The molecule has 5 heteroatoms. The molecule has 4 N–H and O–H groups in total. The lowest BCUT2D eigenvalue weighted by Gasteiger charge is -2.04. The summed E-state index contributed by atoms with van der Waals surface area (Å²) in [5, 5.41) is 10.3. The zero-order valence-corrected chi connectivity index (χ0v) is 8.06. The van der Waals surface area contributed by atoms with Crippen LogP contribution in [0.2, 0.25) is 0 Å². The zero-order chi connectivity index (χ0) is 11.3. The number of hydrogen-bond acceptors (Lipinski definition) is 3. The molecule has 0 aliphatic rings. The van der Waals surface area contributed by atoms with Crippen LogP contribution in [0.3, 0.4) is 0 Å². The van der Waals surface area contributed by atoms with E-state index in [1.807, 2.05) is 5.32 Å². The lowest BCUT2D eigenvalue weighted by molar-refractivity contribution is -0.117. The molecule has 0 spiro atoms. The van der Waals surface area contributed by atoms with Crippen molar-refractivity contribution < 1.29 is 14.7 Å². The van der Waals surface area contributed by atoms with Gasteiger partial charge in [-0.3, -0.25) is 4.79 Å². The Morgan fingerprint density at radius 1 is 1.33 bits per heavy atom. The lowest BCUT2D eigenvalue weighted by Crippen LogP contribution is -2.28. The second-order valence-corrected chi connectivity index (χ2v) is 3.07. The van der Waals surface area contributed by atoms with Gasteiger partial charge in [-0.2, -0.15) is 0 Å². The number of nitrogen functional groups attached to an aromatic ring is 1. The van der Waals surface area contributed by atoms with Crippen molar-refractivity contribution in [3.05, 3.63) is 29.8 Å². The molecule has 0 aliphatic carbocycles. The number of carbonyl (C=O) groups is 2. The Morgan fingerprint density at radius 3 is 2.60 bits per heavy atom. The van der Waals surface area contributed by atoms with Crippen LogP contribution in [0.15, 0.2) is 24.3 Å². The van der Waals surface area contributed by atoms with E-state index < -0.39 is 6.09 Å². The molecule has 0 saturated carbocycles. The third-order valence-corrected chi connectivity index (χ3v) is 1.88. The van der Waals surface area contributed by atoms with Gasteiger partial charge in [-0.15, -0.1) is 0 Å². The first kappa shape index (κ1) is 11.0. The highest BCUT2D eigenvalue weighted by Crippen LogP contribution is 2.10. The summed E-state index contributed by atoms with van der Waals surface area (Å²) in [6.07, 6.45) is -1.06. The third kappa shape index (κ3) is 3.68. The second-order valence-electron chi connectivity index (χ2n) is 3.07. The van der Waals surface area contributed by atoms with E-state index in [2.05, 4.69) is 0 Å². The molecule has 1 aromatic rings. The first-order chi connectivity index (χ1) is 7.09. The van der Waals surface area contributed by atoms with Gasteiger partial charge in [0.2, 0.25) is 0 Å². The summed E-state index contributed by atoms with van der Waals surface area (Å²) in [5.74, 6) is -0.213. The molecule has 5 nitrogen and oxygen atoms in total. The number of nitrogens with two attached hydrogens (primary N) is 1. The number of carboxylic acid groups (broad SMARTS) is 1. The summed E-state index contributed by atoms with van der Waals surface area (Å²) >= 11 is 0. The van der Waals surface area contributed by atoms with Gasteiger partial charge in [0.25, 0.3) is 0 Å². The van der Waals surface area contributed by atoms with Gasteiger partial charge in [-0.05, 0) is 11.6 Å². The van der Waals surface area contributed by atoms with Gasteiger partial charge in [0, 0.05) is 12.1 Å². The standard InChI is InChI=1S/C10H12N2O3/c11-9-4-2-1-3-7(9)5-8(13)6-12-10(14)15/h1-4,12H,5-6,11H2,(H,14,15). The van der Waals surface area contributed by atoms with Crippen molar-refractivity contribution in [1.29, 1.82) is 0 Å². The molecular formula is C10H12N2O3. The van der Waals surface area contributed by atoms with Crippen molar-refractivity contribution >= 4 is 17.6 Å². The molecule has 0 fully saturated rings. The molecule has 1 amide bonds. The molecule has 0 radical (unpaired) electrons. The summed E-state index contributed by atoms with van der Waals surface area (Å²) in [7, 11) is 0. The Hall–Kier alpha value is -2.04. The van der Waals surface area contributed by atoms with Crippen LogP contribution in [0.4, 0.5) is 10.5 Å². The average Bonchev–Trinajstić information content (AvgIpc) is 2.18. The first-order valence-corrected chi connectivity index (χ1v) is 4.41. The predicted molar refractivity (Wildman–Crippen MR) is 55.6 cm³/mol. The van der Waals surface area contributed by atoms with Gasteiger partial charge in [0.15, 0.2) is 5.78 Å². The molecular weight excluding hydrogens is 196 g/mol. The molecule has 1 aromatic carbocycles. The molecule has 0 heterocycles. The minimum Gasteiger partial charge on any atom is -0.465 e. The fourth-order valence-corrected chi connectivity index (χ4v) is 1.14. The highest BCUT2D eigenvalue weighted by Gasteiger charge is 2.06. The fourth-order valence-electron chi connectivity index (χ4n) is 1.14. The van der Waals surface area contributed by atoms with Crippen LogP contribution >= 0.6 is 0 Å². The van der Waals surface area contributed by atoms with Gasteiger partial charge >= 0.3 is 6.09 Å². The van der Waals surface area contributed by atoms with Gasteiger partial charge in [0.05, 0.1) is 6.54 Å². The number of hydrogen-bond donors (Lipinski definition) is 3. The van der Waals surface area contributed by atoms with Gasteiger partial charge < -0.3 is 16.2 Å². The summed E-state index contributed by atoms with van der Waals surface area (Å²) < 4.78 is 0. The van der Waals surface area contributed by atoms with Gasteiger partial charge in [-0.1, -0.05) is 18.2 Å². The topological polar surface area (TPSA) is 92.4 Å². The monoisotopic (exact) mass is 208 g/mol. The maximum absolute atomic E-state index is 11.3. The van der Waals surface area contributed by atoms with Crippen LogP contribution in [-0.2, 0) is 11.2 Å². The van der Waals surface area contributed by atoms with E-state index in [0.717, 1.165) is 5.56 Å². The van der Waals surface area contributed by atoms with E-state index in [0.29, 0.717) is 5.69 Å². The van der Waals surface area contributed by atoms with Crippen LogP contribution in [0.5, 0.6) is 0 Å². The van der Waals surface area contributed by atoms with E-state index in [-0.39, 0.29) is 18.7 Å². The third-order valence-electron chi connectivity index (χ3n) is 1.88. The van der Waals surface area contributed by atoms with Crippen molar-refractivity contribution in [3.63, 3.8) is 0 Å². The molecule has 0 atom stereocenters. The molecule has 0 unspecified atom stereocenters. The number of para-hydroxylation sites is 1. The molecule has 15 heavy (non-hydrogen) atoms. The summed E-state index contributed by atoms with van der Waals surface area (Å²) in [4.78, 5) is 21.4. The SMILES string of the molecule is Nc1ccccc1CC(=O)CNC(=O)O. The fraction of sp³-hybridized carbons (Fsp3) is 0.200. The van der Waals surface area contributed by atoms with Gasteiger partial charge in [0.1, 0.15) is 0 Å². The number of ketones is 1. The quantitative estimate of drug-likeness (QED) is 0.633. The Labute approximate surface area is 86.9 Å². The molecule has 0 bridgehead atoms. The Kier molecular flexibility index (Phi) is 3.68. The van der Waals surface area contributed by atoms with Crippen LogP contribution in [0, 0.1) is 0 Å². The van der Waals surface area contributed by atoms with Crippen LogP contribution in [0.25, 0.3) is 0 Å². The van der Waals surface area contributed by atoms with Crippen molar-refractivity contribution in [2.24, 2.45) is 0 Å². The highest BCUT2D eigenvalue weighted by atomic mass is 16.4. The molecule has 0 aliphatic heterocycles. The summed E-state index contributed by atoms with van der Waals surface area (Å²) in [6, 6.07) is 7.00. The first-order valence-electron chi connectivity index (χ1n) is 4.41. The minimum atomic E-state index is -1.20. The number of rotatable bonds is 4. The van der Waals surface area contributed by atoms with E-state index in [1.54, 1.807) is 24.3 Å². The number of carbonyl (C=O) groups excluding carboxylic acids is 1. The van der Waals surface area contributed by atoms with Crippen molar-refractivity contribution in [2.45, 2.75) is 6.42 Å². The summed E-state index contributed by atoms with van der Waals surface area (Å²) in [6.45, 7) is -0.191. The lowest BCUT2D eigenvalue weighted by atomic mass is 10.1. The number of benzene rings is 1. The van der Waals surface area contributed by atoms with Crippen LogP contribution in [-0.4, -0.2) is 23.5 Å². The minimum absolute atomic E-state index is 0.146. The van der Waals surface area contributed by atoms with Crippen LogP contribution < -0.4 is 11.1 Å². The largest absolute Gasteiger partial charge is 0.465 e. The summed E-state index contributed by atoms with van der Waals surface area (Å²) in [5.41, 5.74) is 6.90. The number of Topliss-reactive ketones (excluding diaryl/α,β-unsaturated/α-hetero) is 1. The van der Waals surface area contributed by atoms with E-state index in [9.17, 15) is 9.59 Å². The molecule has 1 rings (SSSR count). The van der Waals surface area contributed by atoms with Crippen molar-refractivity contribution in [3.8, 4) is 0 Å². The average molecular weight is 208 g/mol. The number of amides is 1. The predicted octanol–water partition coefficient (Wildman–Crippen LogP) is 0.648. The Balaban J connectivity index is 2.52. The van der Waals surface area contributed by atoms with Crippen molar-refractivity contribution in [1.82, 2.24) is 5.32 Å². The highest BCUT2D eigenvalue weighted by molar-refractivity contribution is 5.86. The maximum Gasteiger partial charge on any atom is 0.405 e. The molecule has 0 saturated heterocycles. The Morgan fingerprint density at radius 2 is 2.00 bits per heavy atom. The number of nitrogens with one attached hydrogen (secondary N) is 1. The van der Waals surface area contributed by atoms with Crippen molar-refractivity contribution in [2.75, 3.05) is 12.3 Å². The smallest absolute Gasteiger partial charge is 0.405 e. The zero-order valence-electron chi connectivity index (χ0n) is 8.06. The second kappa shape index (κ2) is 4.99. The van der Waals surface area contributed by atoms with E-state index in [4.69, 9.17) is 10.8 Å². The molecule has 0 aromatic heterocycles. The number of anilines is 1. The molecule has 80 valence electrons. The normalized spacial score (nSPS) is 9.60. The van der Waals surface area contributed by atoms with E-state index in [1.165, 1.54) is 0 Å². The maximum atomic E-state index is 11.3. The van der Waals surface area contributed by atoms with E-state index >= 15 is 0 Å². The van der Waals surface area contributed by atoms with Crippen LogP contribution in [0.1, 0.15) is 5.56 Å². The van der Waals surface area contributed by atoms with Gasteiger partial charge in [-0.25, -0.2) is 4.79 Å². The Bertz CT molecular complexity index is 377.